The summed E-state index contributed by atoms with van der Waals surface area (Å²) in [5.41, 5.74) is 0. The zero-order valence-corrected chi connectivity index (χ0v) is 12.2. The second-order valence-corrected chi connectivity index (χ2v) is 6.36. The van der Waals surface area contributed by atoms with E-state index < -0.39 is 0 Å². The van der Waals surface area contributed by atoms with Crippen LogP contribution in [0.25, 0.3) is 10.2 Å². The van der Waals surface area contributed by atoms with Crippen LogP contribution in [0.4, 0.5) is 5.82 Å². The Balaban J connectivity index is 1.61. The number of hydrogen-bond acceptors (Lipinski definition) is 5. The Kier molecular flexibility index (Phi) is 3.94. The minimum absolute atomic E-state index is 0.959. The average Bonchev–Trinajstić information content (AvgIpc) is 2.81. The van der Waals surface area contributed by atoms with E-state index in [1.807, 2.05) is 0 Å². The van der Waals surface area contributed by atoms with Crippen molar-refractivity contribution >= 4 is 27.4 Å². The molecule has 3 heterocycles. The standard InChI is InChI=1S/C14H20N4S/c1-11-9-12-13(16-10-17-14(12)19-11)15-5-8-18-6-3-2-4-7-18/h9-10H,2-8H2,1H3,(H,15,16,17). The first-order valence-corrected chi connectivity index (χ1v) is 7.82. The quantitative estimate of drug-likeness (QED) is 0.932. The second-order valence-electron chi connectivity index (χ2n) is 5.13. The first-order chi connectivity index (χ1) is 9.33. The fourth-order valence-electron chi connectivity index (χ4n) is 2.63. The molecule has 4 nitrogen and oxygen atoms in total. The summed E-state index contributed by atoms with van der Waals surface area (Å²) in [6.07, 6.45) is 5.75. The molecule has 2 aromatic heterocycles. The predicted octanol–water partition coefficient (Wildman–Crippen LogP) is 2.90. The number of aryl methyl sites for hydroxylation is 1. The van der Waals surface area contributed by atoms with Crippen LogP contribution < -0.4 is 5.32 Å². The van der Waals surface area contributed by atoms with E-state index in [1.54, 1.807) is 17.7 Å². The van der Waals surface area contributed by atoms with Gasteiger partial charge in [-0.25, -0.2) is 9.97 Å². The number of piperidine rings is 1. The number of thiophene rings is 1. The Hall–Kier alpha value is -1.20. The van der Waals surface area contributed by atoms with Crippen molar-refractivity contribution in [3.8, 4) is 0 Å². The van der Waals surface area contributed by atoms with Gasteiger partial charge < -0.3 is 10.2 Å². The highest BCUT2D eigenvalue weighted by atomic mass is 32.1. The predicted molar refractivity (Wildman–Crippen MR) is 80.9 cm³/mol. The van der Waals surface area contributed by atoms with Crippen molar-refractivity contribution in [1.82, 2.24) is 14.9 Å². The molecule has 5 heteroatoms. The van der Waals surface area contributed by atoms with Crippen LogP contribution in [-0.4, -0.2) is 41.0 Å². The summed E-state index contributed by atoms with van der Waals surface area (Å²) in [5, 5.41) is 4.62. The molecule has 1 fully saturated rings. The largest absolute Gasteiger partial charge is 0.368 e. The van der Waals surface area contributed by atoms with E-state index in [0.717, 1.165) is 29.1 Å². The fourth-order valence-corrected chi connectivity index (χ4v) is 3.48. The van der Waals surface area contributed by atoms with E-state index in [1.165, 1.54) is 37.2 Å². The Bertz CT molecular complexity index is 545. The highest BCUT2D eigenvalue weighted by Crippen LogP contribution is 2.27. The van der Waals surface area contributed by atoms with Gasteiger partial charge in [0.1, 0.15) is 17.0 Å². The van der Waals surface area contributed by atoms with Crippen molar-refractivity contribution in [2.45, 2.75) is 26.2 Å². The third-order valence-corrected chi connectivity index (χ3v) is 4.58. The Morgan fingerprint density at radius 3 is 2.95 bits per heavy atom. The molecule has 1 aliphatic rings. The van der Waals surface area contributed by atoms with Gasteiger partial charge in [0.05, 0.1) is 5.39 Å². The van der Waals surface area contributed by atoms with Crippen molar-refractivity contribution in [3.63, 3.8) is 0 Å². The molecule has 19 heavy (non-hydrogen) atoms. The molecule has 0 saturated carbocycles. The van der Waals surface area contributed by atoms with Crippen molar-refractivity contribution < 1.29 is 0 Å². The number of likely N-dealkylation sites (tertiary alicyclic amines) is 1. The number of nitrogens with zero attached hydrogens (tertiary/aromatic N) is 3. The zero-order chi connectivity index (χ0) is 13.1. The monoisotopic (exact) mass is 276 g/mol. The van der Waals surface area contributed by atoms with E-state index in [4.69, 9.17) is 0 Å². The molecule has 0 radical (unpaired) electrons. The van der Waals surface area contributed by atoms with E-state index in [0.29, 0.717) is 0 Å². The van der Waals surface area contributed by atoms with Gasteiger partial charge in [0.15, 0.2) is 0 Å². The summed E-state index contributed by atoms with van der Waals surface area (Å²) in [6, 6.07) is 2.17. The summed E-state index contributed by atoms with van der Waals surface area (Å²) >= 11 is 1.73. The molecule has 1 saturated heterocycles. The second kappa shape index (κ2) is 5.84. The summed E-state index contributed by atoms with van der Waals surface area (Å²) in [7, 11) is 0. The third kappa shape index (κ3) is 3.04. The van der Waals surface area contributed by atoms with Crippen LogP contribution in [-0.2, 0) is 0 Å². The number of rotatable bonds is 4. The number of hydrogen-bond donors (Lipinski definition) is 1. The molecule has 2 aromatic rings. The number of nitrogens with one attached hydrogen (secondary N) is 1. The van der Waals surface area contributed by atoms with Crippen LogP contribution in [0.2, 0.25) is 0 Å². The molecule has 0 amide bonds. The average molecular weight is 276 g/mol. The van der Waals surface area contributed by atoms with E-state index in [-0.39, 0.29) is 0 Å². The van der Waals surface area contributed by atoms with Gasteiger partial charge in [-0.2, -0.15) is 0 Å². The lowest BCUT2D eigenvalue weighted by Gasteiger charge is -2.26. The van der Waals surface area contributed by atoms with Gasteiger partial charge >= 0.3 is 0 Å². The summed E-state index contributed by atoms with van der Waals surface area (Å²) in [5.74, 6) is 0.978. The SMILES string of the molecule is Cc1cc2c(NCCN3CCCCC3)ncnc2s1. The van der Waals surface area contributed by atoms with E-state index >= 15 is 0 Å². The van der Waals surface area contributed by atoms with Gasteiger partial charge in [0.2, 0.25) is 0 Å². The minimum Gasteiger partial charge on any atom is -0.368 e. The molecule has 1 aliphatic heterocycles. The Labute approximate surface area is 117 Å². The maximum absolute atomic E-state index is 4.37. The normalized spacial score (nSPS) is 16.9. The minimum atomic E-state index is 0.959. The Morgan fingerprint density at radius 2 is 2.11 bits per heavy atom. The molecule has 0 aromatic carbocycles. The molecule has 0 aliphatic carbocycles. The molecule has 0 bridgehead atoms. The van der Waals surface area contributed by atoms with E-state index in [2.05, 4.69) is 33.2 Å². The van der Waals surface area contributed by atoms with Crippen LogP contribution in [0.15, 0.2) is 12.4 Å². The van der Waals surface area contributed by atoms with Crippen molar-refractivity contribution in [1.29, 1.82) is 0 Å². The van der Waals surface area contributed by atoms with Crippen molar-refractivity contribution in [2.75, 3.05) is 31.5 Å². The van der Waals surface area contributed by atoms with Crippen LogP contribution in [0.3, 0.4) is 0 Å². The molecular formula is C14H20N4S. The van der Waals surface area contributed by atoms with Crippen molar-refractivity contribution in [3.05, 3.63) is 17.3 Å². The first-order valence-electron chi connectivity index (χ1n) is 7.00. The zero-order valence-electron chi connectivity index (χ0n) is 11.4. The lowest BCUT2D eigenvalue weighted by Crippen LogP contribution is -2.33. The van der Waals surface area contributed by atoms with Gasteiger partial charge in [-0.15, -0.1) is 11.3 Å². The maximum atomic E-state index is 4.37. The molecule has 102 valence electrons. The van der Waals surface area contributed by atoms with Gasteiger partial charge in [0, 0.05) is 18.0 Å². The summed E-state index contributed by atoms with van der Waals surface area (Å²) < 4.78 is 0. The number of anilines is 1. The molecule has 0 spiro atoms. The molecule has 3 rings (SSSR count). The van der Waals surface area contributed by atoms with Crippen LogP contribution >= 0.6 is 11.3 Å². The van der Waals surface area contributed by atoms with Gasteiger partial charge in [-0.1, -0.05) is 6.42 Å². The fraction of sp³-hybridized carbons (Fsp3) is 0.571. The molecule has 1 N–H and O–H groups in total. The van der Waals surface area contributed by atoms with Crippen molar-refractivity contribution in [2.24, 2.45) is 0 Å². The lowest BCUT2D eigenvalue weighted by molar-refractivity contribution is 0.237. The van der Waals surface area contributed by atoms with Crippen LogP contribution in [0.5, 0.6) is 0 Å². The van der Waals surface area contributed by atoms with E-state index in [9.17, 15) is 0 Å². The number of aromatic nitrogens is 2. The highest BCUT2D eigenvalue weighted by molar-refractivity contribution is 7.18. The topological polar surface area (TPSA) is 41.0 Å². The molecular weight excluding hydrogens is 256 g/mol. The highest BCUT2D eigenvalue weighted by Gasteiger charge is 2.10. The first kappa shape index (κ1) is 12.8. The van der Waals surface area contributed by atoms with Gasteiger partial charge in [0.25, 0.3) is 0 Å². The van der Waals surface area contributed by atoms with Crippen LogP contribution in [0.1, 0.15) is 24.1 Å². The van der Waals surface area contributed by atoms with Gasteiger partial charge in [-0.3, -0.25) is 0 Å². The van der Waals surface area contributed by atoms with Gasteiger partial charge in [-0.05, 0) is 38.9 Å². The summed E-state index contributed by atoms with van der Waals surface area (Å²) in [6.45, 7) is 6.68. The third-order valence-electron chi connectivity index (χ3n) is 3.62. The molecule has 0 unspecified atom stereocenters. The number of fused-ring (bicyclic) bond motifs is 1. The molecule has 0 atom stereocenters. The Morgan fingerprint density at radius 1 is 1.26 bits per heavy atom. The van der Waals surface area contributed by atoms with Crippen LogP contribution in [0, 0.1) is 6.92 Å². The maximum Gasteiger partial charge on any atom is 0.138 e. The smallest absolute Gasteiger partial charge is 0.138 e. The summed E-state index contributed by atoms with van der Waals surface area (Å²) in [4.78, 5) is 13.6. The lowest BCUT2D eigenvalue weighted by atomic mass is 10.1.